The minimum absolute atomic E-state index is 0. The van der Waals surface area contributed by atoms with Gasteiger partial charge in [0, 0.05) is 0 Å². The number of hydrogen-bond acceptors (Lipinski definition) is 4. The van der Waals surface area contributed by atoms with Crippen molar-refractivity contribution in [1.29, 1.82) is 0 Å². The van der Waals surface area contributed by atoms with Gasteiger partial charge in [0.2, 0.25) is 0 Å². The van der Waals surface area contributed by atoms with E-state index < -0.39 is 10.1 Å². The second-order valence-electron chi connectivity index (χ2n) is 7.70. The van der Waals surface area contributed by atoms with Crippen molar-refractivity contribution in [3.8, 4) is 17.2 Å². The van der Waals surface area contributed by atoms with Crippen LogP contribution in [0.1, 0.15) is 76.7 Å². The Kier molecular flexibility index (Phi) is 13.5. The zero-order valence-corrected chi connectivity index (χ0v) is 21.6. The Morgan fingerprint density at radius 1 is 0.839 bits per heavy atom. The molecule has 31 heavy (non-hydrogen) atoms. The first kappa shape index (κ1) is 28.0. The van der Waals surface area contributed by atoms with Crippen LogP contribution in [0.5, 0.6) is 17.2 Å². The van der Waals surface area contributed by atoms with Crippen LogP contribution >= 0.6 is 0 Å². The molecule has 0 fully saturated rings. The van der Waals surface area contributed by atoms with Gasteiger partial charge in [0.05, 0.1) is 0 Å². The molecule has 0 heterocycles. The number of aryl methyl sites for hydroxylation is 1. The number of rotatable bonds is 14. The maximum atomic E-state index is 12.0. The number of hydrogen-bond donors (Lipinski definition) is 1. The molecular formula is C24H33NaO5S. The standard InChI is InChI=1S/C24H34O5S.Na/c1-2-3-4-5-6-7-8-9-10-11-15-20-16-14-19-23(30(26,27)28)24(20)29-22-18-13-12-17-21(22)25;/h12-14,16-19,25H,2-11,15H2,1H3,(H,26,27,28);/q;+1/p-1. The zero-order chi connectivity index (χ0) is 21.8. The number of para-hydroxylation sites is 3. The van der Waals surface area contributed by atoms with Gasteiger partial charge in [-0.3, -0.25) is 4.55 Å². The monoisotopic (exact) mass is 456 g/mol. The van der Waals surface area contributed by atoms with Crippen molar-refractivity contribution in [2.75, 3.05) is 0 Å². The molecule has 0 spiro atoms. The van der Waals surface area contributed by atoms with Crippen molar-refractivity contribution < 1.29 is 52.4 Å². The summed E-state index contributed by atoms with van der Waals surface area (Å²) >= 11 is 0. The molecule has 0 aliphatic carbocycles. The molecule has 2 rings (SSSR count). The molecule has 2 aromatic carbocycles. The van der Waals surface area contributed by atoms with Gasteiger partial charge >= 0.3 is 29.6 Å². The van der Waals surface area contributed by atoms with E-state index in [9.17, 15) is 18.1 Å². The van der Waals surface area contributed by atoms with Crippen LogP contribution in [0, 0.1) is 0 Å². The fourth-order valence-electron chi connectivity index (χ4n) is 3.52. The molecular weight excluding hydrogens is 423 g/mol. The van der Waals surface area contributed by atoms with Crippen molar-refractivity contribution in [2.45, 2.75) is 82.4 Å². The fraction of sp³-hybridized carbons (Fsp3) is 0.500. The Bertz CT molecular complexity index is 883. The van der Waals surface area contributed by atoms with E-state index in [1.165, 1.54) is 63.1 Å². The van der Waals surface area contributed by atoms with Gasteiger partial charge in [-0.2, -0.15) is 8.42 Å². The molecule has 0 amide bonds. The maximum absolute atomic E-state index is 12.0. The summed E-state index contributed by atoms with van der Waals surface area (Å²) in [4.78, 5) is -0.310. The molecule has 5 nitrogen and oxygen atoms in total. The van der Waals surface area contributed by atoms with Crippen LogP contribution in [0.25, 0.3) is 0 Å². The molecule has 1 N–H and O–H groups in total. The van der Waals surface area contributed by atoms with Gasteiger partial charge in [0.15, 0.2) is 5.75 Å². The topological polar surface area (TPSA) is 86.7 Å². The first-order chi connectivity index (χ1) is 14.4. The Morgan fingerprint density at radius 2 is 1.42 bits per heavy atom. The maximum Gasteiger partial charge on any atom is 1.00 e. The predicted molar refractivity (Wildman–Crippen MR) is 118 cm³/mol. The van der Waals surface area contributed by atoms with Gasteiger partial charge in [-0.1, -0.05) is 101 Å². The second kappa shape index (κ2) is 14.9. The van der Waals surface area contributed by atoms with E-state index in [1.807, 2.05) is 0 Å². The van der Waals surface area contributed by atoms with Gasteiger partial charge in [-0.05, 0) is 30.5 Å². The van der Waals surface area contributed by atoms with Crippen LogP contribution in [-0.2, 0) is 16.5 Å². The van der Waals surface area contributed by atoms with Crippen molar-refractivity contribution >= 4 is 10.1 Å². The summed E-state index contributed by atoms with van der Waals surface area (Å²) in [6.45, 7) is 2.22. The van der Waals surface area contributed by atoms with Crippen molar-refractivity contribution in [3.05, 3.63) is 48.0 Å². The average Bonchev–Trinajstić information content (AvgIpc) is 2.71. The van der Waals surface area contributed by atoms with Gasteiger partial charge in [0.1, 0.15) is 10.6 Å². The van der Waals surface area contributed by atoms with Crippen LogP contribution in [-0.4, -0.2) is 13.0 Å². The van der Waals surface area contributed by atoms with E-state index >= 15 is 0 Å². The molecule has 0 unspecified atom stereocenters. The van der Waals surface area contributed by atoms with Crippen LogP contribution in [0.3, 0.4) is 0 Å². The summed E-state index contributed by atoms with van der Waals surface area (Å²) in [5, 5.41) is 12.0. The van der Waals surface area contributed by atoms with E-state index in [0.717, 1.165) is 19.3 Å². The van der Waals surface area contributed by atoms with Gasteiger partial charge < -0.3 is 9.84 Å². The van der Waals surface area contributed by atoms with Gasteiger partial charge in [-0.25, -0.2) is 0 Å². The smallest absolute Gasteiger partial charge is 0.870 e. The minimum atomic E-state index is -4.47. The van der Waals surface area contributed by atoms with Crippen LogP contribution in [0.15, 0.2) is 47.4 Å². The Balaban J connectivity index is 0.00000480. The molecule has 0 aromatic heterocycles. The third kappa shape index (κ3) is 9.96. The third-order valence-electron chi connectivity index (χ3n) is 5.20. The summed E-state index contributed by atoms with van der Waals surface area (Å²) in [5.41, 5.74) is 0.674. The molecule has 0 aliphatic heterocycles. The SMILES string of the molecule is CCCCCCCCCCCCc1cccc(S(=O)(=O)O)c1Oc1ccccc1[O-].[Na+]. The van der Waals surface area contributed by atoms with E-state index in [2.05, 4.69) is 6.92 Å². The fourth-order valence-corrected chi connectivity index (χ4v) is 4.18. The quantitative estimate of drug-likeness (QED) is 0.268. The normalized spacial score (nSPS) is 11.2. The first-order valence-electron chi connectivity index (χ1n) is 11.0. The van der Waals surface area contributed by atoms with E-state index in [1.54, 1.807) is 24.3 Å². The molecule has 2 aromatic rings. The van der Waals surface area contributed by atoms with Crippen LogP contribution in [0.4, 0.5) is 0 Å². The molecule has 0 saturated heterocycles. The van der Waals surface area contributed by atoms with E-state index in [0.29, 0.717) is 12.0 Å². The van der Waals surface area contributed by atoms with Crippen molar-refractivity contribution in [3.63, 3.8) is 0 Å². The second-order valence-corrected chi connectivity index (χ2v) is 9.09. The molecule has 0 saturated carbocycles. The molecule has 0 radical (unpaired) electrons. The first-order valence-corrected chi connectivity index (χ1v) is 12.4. The number of ether oxygens (including phenoxy) is 1. The molecule has 7 heteroatoms. The Morgan fingerprint density at radius 3 is 2.00 bits per heavy atom. The predicted octanol–water partition coefficient (Wildman–Crippen LogP) is 3.27. The Labute approximate surface area is 209 Å². The van der Waals surface area contributed by atoms with E-state index in [-0.39, 0.29) is 51.7 Å². The van der Waals surface area contributed by atoms with Crippen molar-refractivity contribution in [2.24, 2.45) is 0 Å². The molecule has 166 valence electrons. The van der Waals surface area contributed by atoms with Gasteiger partial charge in [-0.15, -0.1) is 0 Å². The third-order valence-corrected chi connectivity index (χ3v) is 6.08. The summed E-state index contributed by atoms with van der Waals surface area (Å²) in [7, 11) is -4.47. The summed E-state index contributed by atoms with van der Waals surface area (Å²) in [5.74, 6) is -0.260. The molecule has 0 bridgehead atoms. The zero-order valence-electron chi connectivity index (χ0n) is 18.8. The number of unbranched alkanes of at least 4 members (excludes halogenated alkanes) is 9. The molecule has 0 aliphatic rings. The van der Waals surface area contributed by atoms with E-state index in [4.69, 9.17) is 4.74 Å². The van der Waals surface area contributed by atoms with Crippen LogP contribution < -0.4 is 39.4 Å². The van der Waals surface area contributed by atoms with Crippen molar-refractivity contribution in [1.82, 2.24) is 0 Å². The largest absolute Gasteiger partial charge is 1.00 e. The van der Waals surface area contributed by atoms with Gasteiger partial charge in [0.25, 0.3) is 10.1 Å². The minimum Gasteiger partial charge on any atom is -0.870 e. The average molecular weight is 457 g/mol. The summed E-state index contributed by atoms with van der Waals surface area (Å²) in [6.07, 6.45) is 12.7. The molecule has 0 atom stereocenters. The Hall–Kier alpha value is -1.05. The summed E-state index contributed by atoms with van der Waals surface area (Å²) < 4.78 is 38.9. The number of benzene rings is 2. The summed E-state index contributed by atoms with van der Waals surface area (Å²) in [6, 6.07) is 10.8. The van der Waals surface area contributed by atoms with Crippen LogP contribution in [0.2, 0.25) is 0 Å².